The highest BCUT2D eigenvalue weighted by Gasteiger charge is 2.40. The Labute approximate surface area is 107 Å². The van der Waals surface area contributed by atoms with Crippen molar-refractivity contribution >= 4 is 0 Å². The maximum absolute atomic E-state index is 9.84. The molecule has 3 heteroatoms. The molecule has 1 fully saturated rings. The van der Waals surface area contributed by atoms with Crippen molar-refractivity contribution in [2.24, 2.45) is 0 Å². The summed E-state index contributed by atoms with van der Waals surface area (Å²) >= 11 is 0. The molecule has 0 bridgehead atoms. The van der Waals surface area contributed by atoms with Crippen molar-refractivity contribution < 1.29 is 14.9 Å². The zero-order chi connectivity index (χ0) is 12.7. The van der Waals surface area contributed by atoms with Gasteiger partial charge in [-0.2, -0.15) is 0 Å². The van der Waals surface area contributed by atoms with Gasteiger partial charge in [-0.1, -0.05) is 13.3 Å². The summed E-state index contributed by atoms with van der Waals surface area (Å²) in [4.78, 5) is 0. The molecular weight excluding hydrogens is 228 g/mol. The number of aliphatic hydroxyl groups is 1. The zero-order valence-electron chi connectivity index (χ0n) is 10.7. The van der Waals surface area contributed by atoms with E-state index in [-0.39, 0.29) is 12.2 Å². The van der Waals surface area contributed by atoms with Crippen LogP contribution in [0.1, 0.15) is 49.7 Å². The van der Waals surface area contributed by atoms with Crippen molar-refractivity contribution in [1.82, 2.24) is 0 Å². The summed E-state index contributed by atoms with van der Waals surface area (Å²) in [5, 5.41) is 19.6. The third-order valence-electron chi connectivity index (χ3n) is 4.13. The third kappa shape index (κ3) is 1.87. The summed E-state index contributed by atoms with van der Waals surface area (Å²) in [6, 6.07) is 3.66. The van der Waals surface area contributed by atoms with Crippen molar-refractivity contribution in [3.05, 3.63) is 23.3 Å². The maximum Gasteiger partial charge on any atom is 0.126 e. The van der Waals surface area contributed by atoms with Gasteiger partial charge in [-0.25, -0.2) is 0 Å². The Bertz CT molecular complexity index is 455. The molecule has 3 nitrogen and oxygen atoms in total. The fourth-order valence-electron chi connectivity index (χ4n) is 3.32. The van der Waals surface area contributed by atoms with Crippen LogP contribution >= 0.6 is 0 Å². The minimum absolute atomic E-state index is 0.0983. The molecule has 1 aromatic carbocycles. The Balaban J connectivity index is 1.98. The fourth-order valence-corrected chi connectivity index (χ4v) is 3.32. The van der Waals surface area contributed by atoms with E-state index in [4.69, 9.17) is 4.74 Å². The van der Waals surface area contributed by atoms with Crippen molar-refractivity contribution in [2.45, 2.75) is 57.2 Å². The highest BCUT2D eigenvalue weighted by molar-refractivity contribution is 5.52. The molecule has 1 heterocycles. The van der Waals surface area contributed by atoms with Crippen LogP contribution in [-0.2, 0) is 6.42 Å². The molecule has 3 atom stereocenters. The first-order valence-corrected chi connectivity index (χ1v) is 6.89. The van der Waals surface area contributed by atoms with E-state index >= 15 is 0 Å². The Morgan fingerprint density at radius 3 is 2.94 bits per heavy atom. The van der Waals surface area contributed by atoms with E-state index in [0.717, 1.165) is 42.6 Å². The van der Waals surface area contributed by atoms with Crippen LogP contribution in [0.25, 0.3) is 0 Å². The molecule has 3 unspecified atom stereocenters. The van der Waals surface area contributed by atoms with Crippen LogP contribution < -0.4 is 4.74 Å². The van der Waals surface area contributed by atoms with E-state index in [0.29, 0.717) is 18.1 Å². The molecule has 98 valence electrons. The lowest BCUT2D eigenvalue weighted by Gasteiger charge is -2.27. The van der Waals surface area contributed by atoms with Gasteiger partial charge < -0.3 is 14.9 Å². The normalized spacial score (nSPS) is 29.6. The van der Waals surface area contributed by atoms with E-state index in [1.54, 1.807) is 0 Å². The number of phenols is 1. The molecule has 0 spiro atoms. The molecule has 1 saturated carbocycles. The van der Waals surface area contributed by atoms with Gasteiger partial charge in [0.25, 0.3) is 0 Å². The second-order valence-corrected chi connectivity index (χ2v) is 5.50. The number of rotatable bonds is 2. The van der Waals surface area contributed by atoms with Crippen LogP contribution in [0.3, 0.4) is 0 Å². The largest absolute Gasteiger partial charge is 0.508 e. The predicted octanol–water partition coefficient (Wildman–Crippen LogP) is 2.73. The minimum atomic E-state index is -0.233. The Morgan fingerprint density at radius 2 is 2.17 bits per heavy atom. The molecule has 18 heavy (non-hydrogen) atoms. The highest BCUT2D eigenvalue weighted by Crippen LogP contribution is 2.48. The lowest BCUT2D eigenvalue weighted by molar-refractivity contribution is 0.0548. The Morgan fingerprint density at radius 1 is 1.33 bits per heavy atom. The quantitative estimate of drug-likeness (QED) is 0.846. The number of hydrogen-bond acceptors (Lipinski definition) is 3. The lowest BCUT2D eigenvalue weighted by Crippen LogP contribution is -2.30. The first-order valence-electron chi connectivity index (χ1n) is 6.89. The molecule has 1 aliphatic carbocycles. The fraction of sp³-hybridized carbons (Fsp3) is 0.600. The second kappa shape index (κ2) is 4.47. The third-order valence-corrected chi connectivity index (χ3v) is 4.13. The van der Waals surface area contributed by atoms with Gasteiger partial charge >= 0.3 is 0 Å². The van der Waals surface area contributed by atoms with Crippen molar-refractivity contribution in [3.63, 3.8) is 0 Å². The number of aryl methyl sites for hydroxylation is 1. The van der Waals surface area contributed by atoms with E-state index in [1.807, 2.05) is 12.1 Å². The number of aromatic hydroxyl groups is 1. The number of phenolic OH excluding ortho intramolecular Hbond substituents is 1. The molecule has 1 aliphatic heterocycles. The number of fused-ring (bicyclic) bond motifs is 3. The molecule has 2 N–H and O–H groups in total. The van der Waals surface area contributed by atoms with Crippen LogP contribution in [-0.4, -0.2) is 22.4 Å². The number of ether oxygens (including phenoxy) is 1. The average Bonchev–Trinajstić information content (AvgIpc) is 2.67. The lowest BCUT2D eigenvalue weighted by atomic mass is 9.81. The summed E-state index contributed by atoms with van der Waals surface area (Å²) in [6.45, 7) is 2.13. The molecule has 2 aliphatic rings. The van der Waals surface area contributed by atoms with Gasteiger partial charge in [0.1, 0.15) is 17.6 Å². The van der Waals surface area contributed by atoms with Gasteiger partial charge in [-0.15, -0.1) is 0 Å². The van der Waals surface area contributed by atoms with Gasteiger partial charge in [0, 0.05) is 17.9 Å². The van der Waals surface area contributed by atoms with Crippen LogP contribution in [0.4, 0.5) is 0 Å². The average molecular weight is 248 g/mol. The molecule has 3 rings (SSSR count). The summed E-state index contributed by atoms with van der Waals surface area (Å²) in [7, 11) is 0. The number of aliphatic hydroxyl groups excluding tert-OH is 1. The van der Waals surface area contributed by atoms with Gasteiger partial charge in [-0.3, -0.25) is 0 Å². The van der Waals surface area contributed by atoms with Crippen LogP contribution in [0.2, 0.25) is 0 Å². The standard InChI is InChI=1S/C15H20O3/c1-2-3-9-6-11(17)7-13-12-5-4-10(16)8-14(12)18-15(9)13/h6-7,10,12,14,16-17H,2-5,8H2,1H3. The Hall–Kier alpha value is -1.22. The minimum Gasteiger partial charge on any atom is -0.508 e. The van der Waals surface area contributed by atoms with Crippen molar-refractivity contribution in [3.8, 4) is 11.5 Å². The van der Waals surface area contributed by atoms with E-state index < -0.39 is 0 Å². The van der Waals surface area contributed by atoms with Gasteiger partial charge in [0.2, 0.25) is 0 Å². The van der Waals surface area contributed by atoms with Crippen LogP contribution in [0.5, 0.6) is 11.5 Å². The van der Waals surface area contributed by atoms with E-state index in [1.165, 1.54) is 0 Å². The summed E-state index contributed by atoms with van der Waals surface area (Å²) < 4.78 is 6.05. The molecule has 0 radical (unpaired) electrons. The molecule has 1 aromatic rings. The first kappa shape index (κ1) is 11.8. The maximum atomic E-state index is 9.84. The topological polar surface area (TPSA) is 49.7 Å². The predicted molar refractivity (Wildman–Crippen MR) is 69.1 cm³/mol. The highest BCUT2D eigenvalue weighted by atomic mass is 16.5. The molecular formula is C15H20O3. The number of hydrogen-bond donors (Lipinski definition) is 2. The van der Waals surface area contributed by atoms with Gasteiger partial charge in [0.05, 0.1) is 6.10 Å². The Kier molecular flexibility index (Phi) is 2.94. The first-order chi connectivity index (χ1) is 8.69. The van der Waals surface area contributed by atoms with Crippen LogP contribution in [0.15, 0.2) is 12.1 Å². The van der Waals surface area contributed by atoms with E-state index in [2.05, 4.69) is 6.92 Å². The van der Waals surface area contributed by atoms with Crippen LogP contribution in [0, 0.1) is 0 Å². The molecule has 0 saturated heterocycles. The van der Waals surface area contributed by atoms with Crippen molar-refractivity contribution in [1.29, 1.82) is 0 Å². The smallest absolute Gasteiger partial charge is 0.126 e. The van der Waals surface area contributed by atoms with Gasteiger partial charge in [0.15, 0.2) is 0 Å². The monoisotopic (exact) mass is 248 g/mol. The molecule has 0 aromatic heterocycles. The van der Waals surface area contributed by atoms with E-state index in [9.17, 15) is 10.2 Å². The zero-order valence-corrected chi connectivity index (χ0v) is 10.7. The number of benzene rings is 1. The summed E-state index contributed by atoms with van der Waals surface area (Å²) in [5.41, 5.74) is 2.26. The molecule has 0 amide bonds. The SMILES string of the molecule is CCCc1cc(O)cc2c1OC1CC(O)CCC21. The van der Waals surface area contributed by atoms with Crippen molar-refractivity contribution in [2.75, 3.05) is 0 Å². The summed E-state index contributed by atoms with van der Waals surface area (Å²) in [5.74, 6) is 1.66. The summed E-state index contributed by atoms with van der Waals surface area (Å²) in [6.07, 6.45) is 4.34. The second-order valence-electron chi connectivity index (χ2n) is 5.50. The van der Waals surface area contributed by atoms with Gasteiger partial charge in [-0.05, 0) is 37.0 Å².